The van der Waals surface area contributed by atoms with E-state index < -0.39 is 0 Å². The molecule has 0 radical (unpaired) electrons. The highest BCUT2D eigenvalue weighted by Crippen LogP contribution is 2.38. The molecule has 1 N–H and O–H groups in total. The molecule has 1 heterocycles. The Hall–Kier alpha value is -1.35. The Morgan fingerprint density at radius 2 is 1.94 bits per heavy atom. The van der Waals surface area contributed by atoms with Gasteiger partial charge in [0.1, 0.15) is 0 Å². The lowest BCUT2D eigenvalue weighted by Gasteiger charge is -2.20. The molecule has 1 aromatic rings. The lowest BCUT2D eigenvalue weighted by Crippen LogP contribution is -2.37. The molecule has 2 fully saturated rings. The third-order valence-electron chi connectivity index (χ3n) is 4.12. The summed E-state index contributed by atoms with van der Waals surface area (Å²) in [6.45, 7) is 4.31. The highest BCUT2D eigenvalue weighted by atomic mass is 16.2. The molecule has 1 aliphatic heterocycles. The van der Waals surface area contributed by atoms with Gasteiger partial charge in [-0.05, 0) is 31.2 Å². The predicted molar refractivity (Wildman–Crippen MR) is 70.9 cm³/mol. The molecular weight excluding hydrogens is 224 g/mol. The van der Waals surface area contributed by atoms with Crippen molar-refractivity contribution in [1.29, 1.82) is 0 Å². The van der Waals surface area contributed by atoms with Gasteiger partial charge in [-0.15, -0.1) is 0 Å². The standard InChI is InChI=1S/C15H20N2O/c1-10-8-14(10)17-11(2)16-13(15(17)18)9-12-6-4-3-5-7-12/h3-7,10-11,13-14,16H,8-9H2,1-2H3. The molecule has 1 saturated carbocycles. The fourth-order valence-corrected chi connectivity index (χ4v) is 2.95. The molecule has 1 aromatic carbocycles. The molecule has 1 amide bonds. The van der Waals surface area contributed by atoms with Crippen LogP contribution in [0.1, 0.15) is 25.8 Å². The quantitative estimate of drug-likeness (QED) is 0.879. The molecule has 1 aliphatic carbocycles. The van der Waals surface area contributed by atoms with Crippen LogP contribution in [0.3, 0.4) is 0 Å². The van der Waals surface area contributed by atoms with Crippen molar-refractivity contribution in [3.8, 4) is 0 Å². The normalized spacial score (nSPS) is 35.0. The van der Waals surface area contributed by atoms with Gasteiger partial charge in [0, 0.05) is 6.04 Å². The number of hydrogen-bond donors (Lipinski definition) is 1. The summed E-state index contributed by atoms with van der Waals surface area (Å²) in [5.41, 5.74) is 1.22. The van der Waals surface area contributed by atoms with Gasteiger partial charge in [-0.1, -0.05) is 37.3 Å². The zero-order valence-electron chi connectivity index (χ0n) is 11.0. The van der Waals surface area contributed by atoms with Crippen molar-refractivity contribution in [2.45, 2.75) is 44.9 Å². The van der Waals surface area contributed by atoms with Crippen LogP contribution in [0.4, 0.5) is 0 Å². The molecule has 4 atom stereocenters. The Kier molecular flexibility index (Phi) is 2.86. The van der Waals surface area contributed by atoms with Gasteiger partial charge in [-0.25, -0.2) is 0 Å². The molecule has 0 spiro atoms. The van der Waals surface area contributed by atoms with E-state index in [0.29, 0.717) is 12.0 Å². The van der Waals surface area contributed by atoms with Crippen LogP contribution in [0.2, 0.25) is 0 Å². The molecule has 0 aromatic heterocycles. The van der Waals surface area contributed by atoms with Crippen molar-refractivity contribution in [3.63, 3.8) is 0 Å². The van der Waals surface area contributed by atoms with Gasteiger partial charge in [-0.3, -0.25) is 10.1 Å². The maximum Gasteiger partial charge on any atom is 0.241 e. The van der Waals surface area contributed by atoms with E-state index >= 15 is 0 Å². The number of benzene rings is 1. The van der Waals surface area contributed by atoms with Gasteiger partial charge < -0.3 is 4.90 Å². The maximum absolute atomic E-state index is 12.4. The number of carbonyl (C=O) groups excluding carboxylic acids is 1. The van der Waals surface area contributed by atoms with Crippen molar-refractivity contribution < 1.29 is 4.79 Å². The summed E-state index contributed by atoms with van der Waals surface area (Å²) < 4.78 is 0. The number of rotatable bonds is 3. The van der Waals surface area contributed by atoms with E-state index in [1.807, 2.05) is 18.2 Å². The van der Waals surface area contributed by atoms with Crippen LogP contribution in [0.15, 0.2) is 30.3 Å². The molecule has 3 heteroatoms. The minimum atomic E-state index is -0.0461. The lowest BCUT2D eigenvalue weighted by atomic mass is 10.1. The highest BCUT2D eigenvalue weighted by molar-refractivity contribution is 5.85. The molecule has 2 aliphatic rings. The van der Waals surface area contributed by atoms with Crippen LogP contribution in [-0.4, -0.2) is 29.1 Å². The topological polar surface area (TPSA) is 32.3 Å². The fraction of sp³-hybridized carbons (Fsp3) is 0.533. The summed E-state index contributed by atoms with van der Waals surface area (Å²) >= 11 is 0. The van der Waals surface area contributed by atoms with E-state index in [-0.39, 0.29) is 18.1 Å². The van der Waals surface area contributed by atoms with Crippen LogP contribution in [0.25, 0.3) is 0 Å². The van der Waals surface area contributed by atoms with E-state index in [4.69, 9.17) is 0 Å². The highest BCUT2D eigenvalue weighted by Gasteiger charge is 2.48. The molecule has 3 rings (SSSR count). The minimum absolute atomic E-state index is 0.0461. The van der Waals surface area contributed by atoms with Gasteiger partial charge >= 0.3 is 0 Å². The van der Waals surface area contributed by atoms with Gasteiger partial charge in [0.25, 0.3) is 0 Å². The summed E-state index contributed by atoms with van der Waals surface area (Å²) in [5.74, 6) is 0.953. The Bertz CT molecular complexity index is 445. The van der Waals surface area contributed by atoms with E-state index in [1.165, 1.54) is 5.56 Å². The fourth-order valence-electron chi connectivity index (χ4n) is 2.95. The molecule has 96 valence electrons. The summed E-state index contributed by atoms with van der Waals surface area (Å²) in [7, 11) is 0. The van der Waals surface area contributed by atoms with Gasteiger partial charge in [0.15, 0.2) is 0 Å². The van der Waals surface area contributed by atoms with Crippen molar-refractivity contribution in [2.24, 2.45) is 5.92 Å². The van der Waals surface area contributed by atoms with E-state index in [0.717, 1.165) is 12.8 Å². The maximum atomic E-state index is 12.4. The molecular formula is C15H20N2O. The van der Waals surface area contributed by atoms with Crippen molar-refractivity contribution in [2.75, 3.05) is 0 Å². The molecule has 4 unspecified atom stereocenters. The second-order valence-corrected chi connectivity index (χ2v) is 5.61. The molecule has 3 nitrogen and oxygen atoms in total. The zero-order chi connectivity index (χ0) is 12.7. The van der Waals surface area contributed by atoms with Crippen LogP contribution < -0.4 is 5.32 Å². The summed E-state index contributed by atoms with van der Waals surface area (Å²) in [4.78, 5) is 14.5. The van der Waals surface area contributed by atoms with Gasteiger partial charge in [-0.2, -0.15) is 0 Å². The van der Waals surface area contributed by atoms with Gasteiger partial charge in [0.05, 0.1) is 12.2 Å². The van der Waals surface area contributed by atoms with Crippen LogP contribution in [0, 0.1) is 5.92 Å². The number of nitrogens with zero attached hydrogens (tertiary/aromatic N) is 1. The molecule has 18 heavy (non-hydrogen) atoms. The first kappa shape index (κ1) is 11.7. The Balaban J connectivity index is 1.70. The van der Waals surface area contributed by atoms with Crippen LogP contribution in [-0.2, 0) is 11.2 Å². The third-order valence-corrected chi connectivity index (χ3v) is 4.12. The first-order chi connectivity index (χ1) is 8.66. The lowest BCUT2D eigenvalue weighted by molar-refractivity contribution is -0.130. The monoisotopic (exact) mass is 244 g/mol. The summed E-state index contributed by atoms with van der Waals surface area (Å²) in [6.07, 6.45) is 2.14. The van der Waals surface area contributed by atoms with E-state index in [2.05, 4.69) is 36.2 Å². The number of nitrogens with one attached hydrogen (secondary N) is 1. The first-order valence-electron chi connectivity index (χ1n) is 6.79. The zero-order valence-corrected chi connectivity index (χ0v) is 11.0. The summed E-state index contributed by atoms with van der Waals surface area (Å²) in [5, 5.41) is 3.42. The summed E-state index contributed by atoms with van der Waals surface area (Å²) in [6, 6.07) is 10.7. The Labute approximate surface area is 108 Å². The minimum Gasteiger partial charge on any atom is -0.323 e. The van der Waals surface area contributed by atoms with Crippen molar-refractivity contribution in [3.05, 3.63) is 35.9 Å². The van der Waals surface area contributed by atoms with E-state index in [9.17, 15) is 4.79 Å². The SMILES string of the molecule is CC1CC1N1C(=O)C(Cc2ccccc2)NC1C. The second-order valence-electron chi connectivity index (χ2n) is 5.61. The average molecular weight is 244 g/mol. The Morgan fingerprint density at radius 1 is 1.28 bits per heavy atom. The van der Waals surface area contributed by atoms with Crippen molar-refractivity contribution >= 4 is 5.91 Å². The van der Waals surface area contributed by atoms with Crippen molar-refractivity contribution in [1.82, 2.24) is 10.2 Å². The third kappa shape index (κ3) is 2.03. The van der Waals surface area contributed by atoms with E-state index in [1.54, 1.807) is 0 Å². The number of carbonyl (C=O) groups is 1. The average Bonchev–Trinajstić information content (AvgIpc) is 2.99. The molecule has 0 bridgehead atoms. The van der Waals surface area contributed by atoms with Gasteiger partial charge in [0.2, 0.25) is 5.91 Å². The number of amides is 1. The van der Waals surface area contributed by atoms with Crippen LogP contribution >= 0.6 is 0 Å². The largest absolute Gasteiger partial charge is 0.323 e. The number of hydrogen-bond acceptors (Lipinski definition) is 2. The Morgan fingerprint density at radius 3 is 2.56 bits per heavy atom. The first-order valence-corrected chi connectivity index (χ1v) is 6.79. The predicted octanol–water partition coefficient (Wildman–Crippen LogP) is 1.78. The second kappa shape index (κ2) is 4.39. The smallest absolute Gasteiger partial charge is 0.241 e. The van der Waals surface area contributed by atoms with Crippen LogP contribution in [0.5, 0.6) is 0 Å². The molecule has 1 saturated heterocycles.